The van der Waals surface area contributed by atoms with E-state index in [4.69, 9.17) is 9.47 Å². The number of aromatic hydroxyl groups is 1. The maximum absolute atomic E-state index is 12.0. The van der Waals surface area contributed by atoms with E-state index >= 15 is 0 Å². The maximum atomic E-state index is 12.0. The fourth-order valence-electron chi connectivity index (χ4n) is 3.48. The van der Waals surface area contributed by atoms with Gasteiger partial charge in [0.1, 0.15) is 0 Å². The van der Waals surface area contributed by atoms with Crippen LogP contribution in [-0.4, -0.2) is 37.0 Å². The molecule has 0 aliphatic heterocycles. The summed E-state index contributed by atoms with van der Waals surface area (Å²) in [5, 5.41) is 21.9. The minimum atomic E-state index is -1.04. The Morgan fingerprint density at radius 2 is 1.83 bits per heavy atom. The van der Waals surface area contributed by atoms with Gasteiger partial charge in [-0.1, -0.05) is 54.6 Å². The first-order valence-corrected chi connectivity index (χ1v) is 9.35. The van der Waals surface area contributed by atoms with Crippen molar-refractivity contribution in [3.8, 4) is 11.5 Å². The Hall–Kier alpha value is -3.31. The molecule has 0 aliphatic rings. The number of hydrogen-bond donors (Lipinski definition) is 2. The quantitative estimate of drug-likeness (QED) is 0.431. The van der Waals surface area contributed by atoms with Crippen molar-refractivity contribution in [1.82, 2.24) is 0 Å². The van der Waals surface area contributed by atoms with Crippen molar-refractivity contribution >= 4 is 22.3 Å². The minimum absolute atomic E-state index is 0.0133. The average molecular weight is 392 g/mol. The number of ether oxygens (including phenoxy) is 2. The monoisotopic (exact) mass is 392 g/mol. The molecule has 150 valence electrons. The highest BCUT2D eigenvalue weighted by molar-refractivity contribution is 6.20. The molecule has 0 amide bonds. The van der Waals surface area contributed by atoms with E-state index < -0.39 is 5.97 Å². The Balaban J connectivity index is 2.24. The molecule has 0 spiro atoms. The number of methoxy groups -OCH3 is 2. The van der Waals surface area contributed by atoms with Crippen molar-refractivity contribution in [1.29, 1.82) is 0 Å². The summed E-state index contributed by atoms with van der Waals surface area (Å²) in [5.41, 5.74) is 2.65. The van der Waals surface area contributed by atoms with Gasteiger partial charge < -0.3 is 19.7 Å². The van der Waals surface area contributed by atoms with Crippen LogP contribution >= 0.6 is 0 Å². The predicted octanol–water partition coefficient (Wildman–Crippen LogP) is 4.65. The average Bonchev–Trinajstić information content (AvgIpc) is 2.73. The lowest BCUT2D eigenvalue weighted by Gasteiger charge is -2.16. The van der Waals surface area contributed by atoms with Crippen LogP contribution in [0.4, 0.5) is 0 Å². The van der Waals surface area contributed by atoms with Gasteiger partial charge in [-0.25, -0.2) is 4.79 Å². The van der Waals surface area contributed by atoms with Gasteiger partial charge in [0.05, 0.1) is 12.7 Å². The SMILES string of the molecule is COCC/C=C(\C(=O)O)c1cc(OC)c(O)c2c(Cc3ccccc3)cccc12. The molecule has 5 heteroatoms. The Bertz CT molecular complexity index is 1040. The van der Waals surface area contributed by atoms with Crippen molar-refractivity contribution in [2.24, 2.45) is 0 Å². The molecule has 0 saturated carbocycles. The van der Waals surface area contributed by atoms with Crippen LogP contribution in [0.1, 0.15) is 23.1 Å². The summed E-state index contributed by atoms with van der Waals surface area (Å²) in [6, 6.07) is 17.1. The minimum Gasteiger partial charge on any atom is -0.504 e. The Kier molecular flexibility index (Phi) is 6.52. The van der Waals surface area contributed by atoms with Gasteiger partial charge in [-0.2, -0.15) is 0 Å². The topological polar surface area (TPSA) is 76.0 Å². The van der Waals surface area contributed by atoms with E-state index in [0.29, 0.717) is 35.8 Å². The van der Waals surface area contributed by atoms with E-state index in [0.717, 1.165) is 11.1 Å². The normalized spacial score (nSPS) is 11.6. The predicted molar refractivity (Wildman–Crippen MR) is 114 cm³/mol. The second kappa shape index (κ2) is 9.26. The van der Waals surface area contributed by atoms with Gasteiger partial charge in [-0.05, 0) is 35.4 Å². The van der Waals surface area contributed by atoms with Crippen LogP contribution in [0.25, 0.3) is 16.3 Å². The molecule has 0 atom stereocenters. The van der Waals surface area contributed by atoms with Crippen LogP contribution in [0.5, 0.6) is 11.5 Å². The summed E-state index contributed by atoms with van der Waals surface area (Å²) < 4.78 is 10.4. The van der Waals surface area contributed by atoms with E-state index in [-0.39, 0.29) is 17.1 Å². The summed E-state index contributed by atoms with van der Waals surface area (Å²) in [6.45, 7) is 0.420. The lowest BCUT2D eigenvalue weighted by Crippen LogP contribution is -2.03. The lowest BCUT2D eigenvalue weighted by atomic mass is 9.91. The highest BCUT2D eigenvalue weighted by atomic mass is 16.5. The highest BCUT2D eigenvalue weighted by Gasteiger charge is 2.20. The molecule has 0 bridgehead atoms. The number of fused-ring (bicyclic) bond motifs is 1. The number of benzene rings is 3. The maximum Gasteiger partial charge on any atom is 0.335 e. The zero-order valence-electron chi connectivity index (χ0n) is 16.5. The van der Waals surface area contributed by atoms with Gasteiger partial charge in [0.25, 0.3) is 0 Å². The molecule has 0 heterocycles. The summed E-state index contributed by atoms with van der Waals surface area (Å²) in [5.74, 6) is -0.782. The molecule has 0 radical (unpaired) electrons. The molecule has 2 N–H and O–H groups in total. The Morgan fingerprint density at radius 1 is 1.07 bits per heavy atom. The first-order chi connectivity index (χ1) is 14.1. The van der Waals surface area contributed by atoms with Crippen molar-refractivity contribution in [3.63, 3.8) is 0 Å². The molecular formula is C24H24O5. The third kappa shape index (κ3) is 4.41. The first-order valence-electron chi connectivity index (χ1n) is 9.35. The van der Waals surface area contributed by atoms with E-state index in [2.05, 4.69) is 0 Å². The summed E-state index contributed by atoms with van der Waals surface area (Å²) in [7, 11) is 3.03. The molecule has 0 unspecified atom stereocenters. The fraction of sp³-hybridized carbons (Fsp3) is 0.208. The smallest absolute Gasteiger partial charge is 0.335 e. The highest BCUT2D eigenvalue weighted by Crippen LogP contribution is 2.41. The molecule has 3 aromatic rings. The molecule has 29 heavy (non-hydrogen) atoms. The number of phenols is 1. The summed E-state index contributed by atoms with van der Waals surface area (Å²) in [4.78, 5) is 12.0. The Labute approximate surface area is 169 Å². The van der Waals surface area contributed by atoms with Crippen LogP contribution in [0.2, 0.25) is 0 Å². The van der Waals surface area contributed by atoms with Crippen molar-refractivity contribution in [3.05, 3.63) is 77.4 Å². The van der Waals surface area contributed by atoms with E-state index in [1.54, 1.807) is 19.3 Å². The molecule has 3 aromatic carbocycles. The van der Waals surface area contributed by atoms with Crippen LogP contribution in [-0.2, 0) is 16.0 Å². The molecule has 3 rings (SSSR count). The number of carbonyl (C=O) groups is 1. The van der Waals surface area contributed by atoms with Crippen LogP contribution in [0.15, 0.2) is 60.7 Å². The summed E-state index contributed by atoms with van der Waals surface area (Å²) in [6.07, 6.45) is 2.71. The van der Waals surface area contributed by atoms with Gasteiger partial charge >= 0.3 is 5.97 Å². The van der Waals surface area contributed by atoms with Crippen LogP contribution in [0, 0.1) is 0 Å². The molecule has 0 fully saturated rings. The molecule has 0 aromatic heterocycles. The van der Waals surface area contributed by atoms with Crippen LogP contribution in [0.3, 0.4) is 0 Å². The van der Waals surface area contributed by atoms with E-state index in [1.165, 1.54) is 7.11 Å². The zero-order valence-corrected chi connectivity index (χ0v) is 16.5. The largest absolute Gasteiger partial charge is 0.504 e. The van der Waals surface area contributed by atoms with Gasteiger partial charge in [-0.15, -0.1) is 0 Å². The first kappa shape index (κ1) is 20.4. The van der Waals surface area contributed by atoms with Crippen molar-refractivity contribution in [2.45, 2.75) is 12.8 Å². The zero-order chi connectivity index (χ0) is 20.8. The second-order valence-electron chi connectivity index (χ2n) is 6.68. The number of hydrogen-bond acceptors (Lipinski definition) is 4. The lowest BCUT2D eigenvalue weighted by molar-refractivity contribution is -0.130. The third-order valence-corrected chi connectivity index (χ3v) is 4.83. The molecule has 0 saturated heterocycles. The molecule has 5 nitrogen and oxygen atoms in total. The van der Waals surface area contributed by atoms with E-state index in [1.807, 2.05) is 48.5 Å². The fourth-order valence-corrected chi connectivity index (χ4v) is 3.48. The van der Waals surface area contributed by atoms with Gasteiger partial charge in [0.2, 0.25) is 0 Å². The molecule has 0 aliphatic carbocycles. The number of carboxylic acids is 1. The van der Waals surface area contributed by atoms with Gasteiger partial charge in [0, 0.05) is 24.7 Å². The van der Waals surface area contributed by atoms with Crippen LogP contribution < -0.4 is 4.74 Å². The molecular weight excluding hydrogens is 368 g/mol. The number of phenolic OH excluding ortho intramolecular Hbond substituents is 1. The number of aliphatic carboxylic acids is 1. The third-order valence-electron chi connectivity index (χ3n) is 4.83. The standard InChI is InChI=1S/C24H24O5/c1-28-13-7-12-19(24(26)27)20-15-21(29-2)23(25)22-17(10-6-11-18(20)22)14-16-8-4-3-5-9-16/h3-6,8-12,15,25H,7,13-14H2,1-2H3,(H,26,27)/b19-12-. The van der Waals surface area contributed by atoms with Gasteiger partial charge in [0.15, 0.2) is 11.5 Å². The number of rotatable bonds is 8. The van der Waals surface area contributed by atoms with Gasteiger partial charge in [-0.3, -0.25) is 0 Å². The number of carboxylic acid groups (broad SMARTS) is 1. The van der Waals surface area contributed by atoms with E-state index in [9.17, 15) is 15.0 Å². The van der Waals surface area contributed by atoms with Crippen molar-refractivity contribution < 1.29 is 24.5 Å². The summed E-state index contributed by atoms with van der Waals surface area (Å²) >= 11 is 0. The van der Waals surface area contributed by atoms with Crippen molar-refractivity contribution in [2.75, 3.05) is 20.8 Å². The Morgan fingerprint density at radius 3 is 2.48 bits per heavy atom. The second-order valence-corrected chi connectivity index (χ2v) is 6.68.